The molecule has 2 unspecified atom stereocenters. The van der Waals surface area contributed by atoms with Crippen LogP contribution >= 0.6 is 0 Å². The van der Waals surface area contributed by atoms with Crippen LogP contribution in [0.1, 0.15) is 35.3 Å². The Kier molecular flexibility index (Phi) is 5.16. The first kappa shape index (κ1) is 17.8. The van der Waals surface area contributed by atoms with Crippen molar-refractivity contribution < 1.29 is 27.8 Å². The zero-order valence-corrected chi connectivity index (χ0v) is 14.0. The van der Waals surface area contributed by atoms with Gasteiger partial charge in [0.05, 0.1) is 18.2 Å². The Bertz CT molecular complexity index is 820. The smallest absolute Gasteiger partial charge is 0.339 e. The average molecular weight is 361 g/mol. The summed E-state index contributed by atoms with van der Waals surface area (Å²) in [7, 11) is 0. The van der Waals surface area contributed by atoms with Crippen molar-refractivity contribution in [2.24, 2.45) is 0 Å². The third-order valence-electron chi connectivity index (χ3n) is 4.03. The number of esters is 1. The van der Waals surface area contributed by atoms with Crippen molar-refractivity contribution in [3.63, 3.8) is 0 Å². The molecule has 0 spiro atoms. The van der Waals surface area contributed by atoms with Gasteiger partial charge in [-0.15, -0.1) is 0 Å². The van der Waals surface area contributed by atoms with E-state index in [4.69, 9.17) is 9.47 Å². The third-order valence-corrected chi connectivity index (χ3v) is 4.03. The van der Waals surface area contributed by atoms with Crippen LogP contribution in [0.5, 0.6) is 5.75 Å². The molecule has 26 heavy (non-hydrogen) atoms. The molecule has 1 aliphatic heterocycles. The first-order valence-corrected chi connectivity index (χ1v) is 8.13. The number of hydrogen-bond donors (Lipinski definition) is 1. The molecule has 7 heteroatoms. The minimum absolute atomic E-state index is 0.264. The number of carbonyl (C=O) groups excluding carboxylic acids is 2. The highest BCUT2D eigenvalue weighted by atomic mass is 19.1. The van der Waals surface area contributed by atoms with E-state index in [1.807, 2.05) is 24.3 Å². The van der Waals surface area contributed by atoms with Crippen molar-refractivity contribution in [3.8, 4) is 5.75 Å². The summed E-state index contributed by atoms with van der Waals surface area (Å²) in [6, 6.07) is 9.44. The molecule has 3 rings (SSSR count). The Morgan fingerprint density at radius 1 is 1.19 bits per heavy atom. The summed E-state index contributed by atoms with van der Waals surface area (Å²) in [5.74, 6) is -2.57. The van der Waals surface area contributed by atoms with E-state index in [9.17, 15) is 18.4 Å². The summed E-state index contributed by atoms with van der Waals surface area (Å²) in [6.07, 6.45) is -0.540. The molecule has 0 fully saturated rings. The fourth-order valence-electron chi connectivity index (χ4n) is 2.73. The second kappa shape index (κ2) is 7.51. The fourth-order valence-corrected chi connectivity index (χ4v) is 2.73. The molecule has 0 saturated heterocycles. The number of ether oxygens (including phenoxy) is 2. The number of amides is 1. The van der Waals surface area contributed by atoms with Crippen molar-refractivity contribution in [2.75, 3.05) is 6.61 Å². The number of fused-ring (bicyclic) bond motifs is 1. The third kappa shape index (κ3) is 3.99. The molecular formula is C19H17F2NO4. The van der Waals surface area contributed by atoms with Gasteiger partial charge in [0.2, 0.25) is 0 Å². The summed E-state index contributed by atoms with van der Waals surface area (Å²) >= 11 is 0. The number of halogens is 2. The van der Waals surface area contributed by atoms with Gasteiger partial charge in [0.15, 0.2) is 6.10 Å². The SMILES string of the molecule is CC(OC(=O)c1cc(F)cc(F)c1)C(=O)NC1CCOc2ccccc21. The number of para-hydroxylation sites is 1. The van der Waals surface area contributed by atoms with Gasteiger partial charge in [-0.2, -0.15) is 0 Å². The molecule has 0 bridgehead atoms. The predicted molar refractivity (Wildman–Crippen MR) is 88.7 cm³/mol. The van der Waals surface area contributed by atoms with Crippen molar-refractivity contribution >= 4 is 11.9 Å². The Balaban J connectivity index is 1.64. The van der Waals surface area contributed by atoms with Gasteiger partial charge < -0.3 is 14.8 Å². The van der Waals surface area contributed by atoms with Gasteiger partial charge in [-0.1, -0.05) is 18.2 Å². The molecule has 1 aliphatic rings. The summed E-state index contributed by atoms with van der Waals surface area (Å²) in [6.45, 7) is 1.85. The van der Waals surface area contributed by atoms with E-state index in [1.165, 1.54) is 6.92 Å². The lowest BCUT2D eigenvalue weighted by Crippen LogP contribution is -2.39. The van der Waals surface area contributed by atoms with E-state index in [2.05, 4.69) is 5.32 Å². The molecule has 1 amide bonds. The molecule has 136 valence electrons. The minimum atomic E-state index is -1.12. The van der Waals surface area contributed by atoms with Gasteiger partial charge in [0.25, 0.3) is 5.91 Å². The Morgan fingerprint density at radius 2 is 1.88 bits per heavy atom. The number of carbonyl (C=O) groups is 2. The van der Waals surface area contributed by atoms with Gasteiger partial charge in [-0.25, -0.2) is 13.6 Å². The molecule has 2 aromatic carbocycles. The maximum Gasteiger partial charge on any atom is 0.339 e. The van der Waals surface area contributed by atoms with Gasteiger partial charge in [-0.3, -0.25) is 4.79 Å². The summed E-state index contributed by atoms with van der Waals surface area (Å²) in [5, 5.41) is 2.81. The van der Waals surface area contributed by atoms with E-state index in [1.54, 1.807) is 0 Å². The molecule has 1 heterocycles. The van der Waals surface area contributed by atoms with Crippen LogP contribution in [0.4, 0.5) is 8.78 Å². The van der Waals surface area contributed by atoms with Crippen LogP contribution in [-0.4, -0.2) is 24.6 Å². The highest BCUT2D eigenvalue weighted by molar-refractivity contribution is 5.92. The molecule has 5 nitrogen and oxygen atoms in total. The number of hydrogen-bond acceptors (Lipinski definition) is 4. The molecule has 0 aromatic heterocycles. The van der Waals surface area contributed by atoms with Gasteiger partial charge in [0, 0.05) is 18.1 Å². The van der Waals surface area contributed by atoms with Crippen LogP contribution in [0.3, 0.4) is 0 Å². The van der Waals surface area contributed by atoms with Crippen molar-refractivity contribution in [1.29, 1.82) is 0 Å². The lowest BCUT2D eigenvalue weighted by molar-refractivity contribution is -0.130. The zero-order valence-electron chi connectivity index (χ0n) is 14.0. The lowest BCUT2D eigenvalue weighted by Gasteiger charge is -2.27. The van der Waals surface area contributed by atoms with E-state index in [0.717, 1.165) is 17.7 Å². The largest absolute Gasteiger partial charge is 0.493 e. The van der Waals surface area contributed by atoms with Crippen molar-refractivity contribution in [2.45, 2.75) is 25.5 Å². The Morgan fingerprint density at radius 3 is 2.62 bits per heavy atom. The van der Waals surface area contributed by atoms with E-state index in [0.29, 0.717) is 24.8 Å². The molecular weight excluding hydrogens is 344 g/mol. The van der Waals surface area contributed by atoms with Crippen molar-refractivity contribution in [3.05, 3.63) is 65.2 Å². The number of benzene rings is 2. The maximum atomic E-state index is 13.2. The van der Waals surface area contributed by atoms with E-state index in [-0.39, 0.29) is 11.6 Å². The monoisotopic (exact) mass is 361 g/mol. The topological polar surface area (TPSA) is 64.6 Å². The molecule has 2 aromatic rings. The highest BCUT2D eigenvalue weighted by Gasteiger charge is 2.26. The van der Waals surface area contributed by atoms with Gasteiger partial charge in [-0.05, 0) is 25.1 Å². The molecule has 0 radical (unpaired) electrons. The summed E-state index contributed by atoms with van der Waals surface area (Å²) in [4.78, 5) is 24.3. The van der Waals surface area contributed by atoms with Crippen LogP contribution in [0, 0.1) is 11.6 Å². The van der Waals surface area contributed by atoms with E-state index >= 15 is 0 Å². The van der Waals surface area contributed by atoms with Gasteiger partial charge >= 0.3 is 5.97 Å². The first-order chi connectivity index (χ1) is 12.4. The van der Waals surface area contributed by atoms with Crippen molar-refractivity contribution in [1.82, 2.24) is 5.32 Å². The molecule has 0 aliphatic carbocycles. The number of nitrogens with one attached hydrogen (secondary N) is 1. The second-order valence-electron chi connectivity index (χ2n) is 5.94. The maximum absolute atomic E-state index is 13.2. The normalized spacial score (nSPS) is 16.8. The number of rotatable bonds is 4. The minimum Gasteiger partial charge on any atom is -0.493 e. The molecule has 0 saturated carbocycles. The first-order valence-electron chi connectivity index (χ1n) is 8.13. The van der Waals surface area contributed by atoms with Crippen LogP contribution < -0.4 is 10.1 Å². The highest BCUT2D eigenvalue weighted by Crippen LogP contribution is 2.31. The van der Waals surface area contributed by atoms with Crippen LogP contribution in [-0.2, 0) is 9.53 Å². The van der Waals surface area contributed by atoms with Crippen LogP contribution in [0.2, 0.25) is 0 Å². The lowest BCUT2D eigenvalue weighted by atomic mass is 10.0. The quantitative estimate of drug-likeness (QED) is 0.850. The Hall–Kier alpha value is -2.96. The van der Waals surface area contributed by atoms with Crippen LogP contribution in [0.25, 0.3) is 0 Å². The van der Waals surface area contributed by atoms with Crippen LogP contribution in [0.15, 0.2) is 42.5 Å². The summed E-state index contributed by atoms with van der Waals surface area (Å²) in [5.41, 5.74) is 0.552. The summed E-state index contributed by atoms with van der Waals surface area (Å²) < 4.78 is 36.9. The fraction of sp³-hybridized carbons (Fsp3) is 0.263. The molecule has 2 atom stereocenters. The Labute approximate surface area is 148 Å². The average Bonchev–Trinajstić information content (AvgIpc) is 2.61. The second-order valence-corrected chi connectivity index (χ2v) is 5.94. The molecule has 1 N–H and O–H groups in total. The predicted octanol–water partition coefficient (Wildman–Crippen LogP) is 3.15. The standard InChI is InChI=1S/C19H17F2NO4/c1-11(26-19(24)12-8-13(20)10-14(21)9-12)18(23)22-16-6-7-25-17-5-3-2-4-15(16)17/h2-5,8-11,16H,6-7H2,1H3,(H,22,23). The van der Waals surface area contributed by atoms with Gasteiger partial charge in [0.1, 0.15) is 17.4 Å². The van der Waals surface area contributed by atoms with E-state index < -0.39 is 29.6 Å². The zero-order chi connectivity index (χ0) is 18.7.